The lowest BCUT2D eigenvalue weighted by Crippen LogP contribution is -2.38. The summed E-state index contributed by atoms with van der Waals surface area (Å²) in [4.78, 5) is 16.8. The van der Waals surface area contributed by atoms with Crippen molar-refractivity contribution >= 4 is 34.1 Å². The van der Waals surface area contributed by atoms with E-state index >= 15 is 0 Å². The number of ether oxygens (including phenoxy) is 2. The molecular weight excluding hydrogens is 468 g/mol. The second-order valence-electron chi connectivity index (χ2n) is 8.69. The first-order valence-electron chi connectivity index (χ1n) is 12.2. The Kier molecular flexibility index (Phi) is 7.86. The van der Waals surface area contributed by atoms with Gasteiger partial charge in [0.1, 0.15) is 12.4 Å². The van der Waals surface area contributed by atoms with Crippen molar-refractivity contribution in [1.29, 1.82) is 0 Å². The van der Waals surface area contributed by atoms with Crippen molar-refractivity contribution in [2.45, 2.75) is 4.90 Å². The van der Waals surface area contributed by atoms with Crippen LogP contribution < -0.4 is 10.1 Å². The third kappa shape index (κ3) is 5.57. The van der Waals surface area contributed by atoms with Crippen molar-refractivity contribution in [3.05, 3.63) is 90.5 Å². The molecule has 1 aliphatic heterocycles. The van der Waals surface area contributed by atoms with E-state index in [2.05, 4.69) is 28.6 Å². The maximum absolute atomic E-state index is 13.3. The van der Waals surface area contributed by atoms with Crippen molar-refractivity contribution in [3.63, 3.8) is 0 Å². The van der Waals surface area contributed by atoms with Gasteiger partial charge in [-0.15, -0.1) is 11.8 Å². The molecule has 0 aromatic heterocycles. The fraction of sp³-hybridized carbons (Fsp3) is 0.233. The van der Waals surface area contributed by atoms with E-state index in [-0.39, 0.29) is 5.91 Å². The molecular formula is C30H30N2O3S. The summed E-state index contributed by atoms with van der Waals surface area (Å²) >= 11 is 1.70. The molecule has 36 heavy (non-hydrogen) atoms. The SMILES string of the molecule is CSc1ccccc1-c1cccc(C(=O)Nc2ccc(OCCN3CCOCC3)c3ccccc23)c1. The quantitative estimate of drug-likeness (QED) is 0.294. The highest BCUT2D eigenvalue weighted by atomic mass is 32.2. The van der Waals surface area contributed by atoms with Gasteiger partial charge in [0.05, 0.1) is 13.2 Å². The second kappa shape index (κ2) is 11.6. The number of anilines is 1. The van der Waals surface area contributed by atoms with Crippen LogP contribution in [0.5, 0.6) is 5.75 Å². The number of nitrogens with zero attached hydrogens (tertiary/aromatic N) is 1. The summed E-state index contributed by atoms with van der Waals surface area (Å²) in [5.74, 6) is 0.692. The van der Waals surface area contributed by atoms with E-state index in [1.54, 1.807) is 11.8 Å². The van der Waals surface area contributed by atoms with Gasteiger partial charge in [0.25, 0.3) is 5.91 Å². The number of carbonyl (C=O) groups excluding carboxylic acids is 1. The minimum Gasteiger partial charge on any atom is -0.492 e. The number of thioether (sulfide) groups is 1. The number of morpholine rings is 1. The Morgan fingerprint density at radius 1 is 0.944 bits per heavy atom. The molecule has 1 heterocycles. The van der Waals surface area contributed by atoms with Crippen molar-refractivity contribution in [2.24, 2.45) is 0 Å². The van der Waals surface area contributed by atoms with E-state index in [1.165, 1.54) is 4.90 Å². The van der Waals surface area contributed by atoms with Crippen molar-refractivity contribution in [3.8, 4) is 16.9 Å². The third-order valence-electron chi connectivity index (χ3n) is 6.44. The van der Waals surface area contributed by atoms with E-state index in [1.807, 2.05) is 72.8 Å². The Bertz CT molecular complexity index is 1350. The number of rotatable bonds is 8. The molecule has 0 unspecified atom stereocenters. The molecule has 1 amide bonds. The molecule has 184 valence electrons. The van der Waals surface area contributed by atoms with Gasteiger partial charge in [-0.2, -0.15) is 0 Å². The summed E-state index contributed by atoms with van der Waals surface area (Å²) in [5.41, 5.74) is 3.55. The van der Waals surface area contributed by atoms with E-state index in [0.717, 1.165) is 66.2 Å². The first-order chi connectivity index (χ1) is 17.7. The molecule has 0 aliphatic carbocycles. The molecule has 1 fully saturated rings. The van der Waals surface area contributed by atoms with Gasteiger partial charge in [0.15, 0.2) is 0 Å². The Morgan fingerprint density at radius 2 is 1.72 bits per heavy atom. The molecule has 1 N–H and O–H groups in total. The monoisotopic (exact) mass is 498 g/mol. The lowest BCUT2D eigenvalue weighted by atomic mass is 10.0. The van der Waals surface area contributed by atoms with Gasteiger partial charge in [-0.3, -0.25) is 9.69 Å². The highest BCUT2D eigenvalue weighted by Gasteiger charge is 2.14. The highest BCUT2D eigenvalue weighted by molar-refractivity contribution is 7.98. The normalized spacial score (nSPS) is 14.0. The molecule has 1 saturated heterocycles. The van der Waals surface area contributed by atoms with Crippen molar-refractivity contribution < 1.29 is 14.3 Å². The number of hydrogen-bond acceptors (Lipinski definition) is 5. The van der Waals surface area contributed by atoms with Gasteiger partial charge in [-0.1, -0.05) is 54.6 Å². The van der Waals surface area contributed by atoms with Gasteiger partial charge in [0, 0.05) is 46.6 Å². The molecule has 0 saturated carbocycles. The molecule has 6 heteroatoms. The summed E-state index contributed by atoms with van der Waals surface area (Å²) in [6.07, 6.45) is 2.07. The van der Waals surface area contributed by atoms with E-state index in [4.69, 9.17) is 9.47 Å². The van der Waals surface area contributed by atoms with Gasteiger partial charge in [0.2, 0.25) is 0 Å². The van der Waals surface area contributed by atoms with Crippen molar-refractivity contribution in [2.75, 3.05) is 51.0 Å². The minimum absolute atomic E-state index is 0.135. The van der Waals surface area contributed by atoms with Crippen LogP contribution >= 0.6 is 11.8 Å². The maximum Gasteiger partial charge on any atom is 0.255 e. The molecule has 0 bridgehead atoms. The summed E-state index contributed by atoms with van der Waals surface area (Å²) in [6, 6.07) is 27.9. The molecule has 5 nitrogen and oxygen atoms in total. The van der Waals surface area contributed by atoms with Crippen LogP contribution in [0.2, 0.25) is 0 Å². The first-order valence-corrected chi connectivity index (χ1v) is 13.4. The zero-order chi connectivity index (χ0) is 24.7. The van der Waals surface area contributed by atoms with Crippen LogP contribution in [0.1, 0.15) is 10.4 Å². The van der Waals surface area contributed by atoms with Gasteiger partial charge < -0.3 is 14.8 Å². The van der Waals surface area contributed by atoms with Crippen LogP contribution in [-0.4, -0.2) is 56.5 Å². The van der Waals surface area contributed by atoms with Crippen LogP contribution in [0.15, 0.2) is 89.8 Å². The fourth-order valence-corrected chi connectivity index (χ4v) is 5.14. The number of nitrogens with one attached hydrogen (secondary N) is 1. The third-order valence-corrected chi connectivity index (χ3v) is 7.24. The lowest BCUT2D eigenvalue weighted by molar-refractivity contribution is 0.0323. The van der Waals surface area contributed by atoms with Gasteiger partial charge in [-0.05, 0) is 47.7 Å². The summed E-state index contributed by atoms with van der Waals surface area (Å²) in [7, 11) is 0. The predicted molar refractivity (Wildman–Crippen MR) is 148 cm³/mol. The Morgan fingerprint density at radius 3 is 2.56 bits per heavy atom. The van der Waals surface area contributed by atoms with E-state index in [9.17, 15) is 4.79 Å². The minimum atomic E-state index is -0.135. The van der Waals surface area contributed by atoms with Crippen LogP contribution in [0.4, 0.5) is 5.69 Å². The fourth-order valence-electron chi connectivity index (χ4n) is 4.52. The zero-order valence-corrected chi connectivity index (χ0v) is 21.2. The Hall–Kier alpha value is -3.32. The van der Waals surface area contributed by atoms with E-state index < -0.39 is 0 Å². The number of carbonyl (C=O) groups is 1. The van der Waals surface area contributed by atoms with Gasteiger partial charge >= 0.3 is 0 Å². The standard InChI is InChI=1S/C30H30N2O3S/c1-36-29-12-5-4-9-24(29)22-7-6-8-23(21-22)30(33)31-27-13-14-28(26-11-3-2-10-25(26)27)35-20-17-32-15-18-34-19-16-32/h2-14,21H,15-20H2,1H3,(H,31,33). The number of fused-ring (bicyclic) bond motifs is 1. The van der Waals surface area contributed by atoms with Crippen LogP contribution in [0.25, 0.3) is 21.9 Å². The van der Waals surface area contributed by atoms with E-state index in [0.29, 0.717) is 12.2 Å². The average Bonchev–Trinajstić information content (AvgIpc) is 2.94. The molecule has 0 atom stereocenters. The summed E-state index contributed by atoms with van der Waals surface area (Å²) in [6.45, 7) is 4.93. The number of benzene rings is 4. The molecule has 4 aromatic rings. The second-order valence-corrected chi connectivity index (χ2v) is 9.54. The summed E-state index contributed by atoms with van der Waals surface area (Å²) in [5, 5.41) is 5.06. The number of amides is 1. The largest absolute Gasteiger partial charge is 0.492 e. The molecule has 4 aromatic carbocycles. The Balaban J connectivity index is 1.33. The maximum atomic E-state index is 13.3. The molecule has 5 rings (SSSR count). The topological polar surface area (TPSA) is 50.8 Å². The average molecular weight is 499 g/mol. The van der Waals surface area contributed by atoms with Gasteiger partial charge in [-0.25, -0.2) is 0 Å². The smallest absolute Gasteiger partial charge is 0.255 e. The lowest BCUT2D eigenvalue weighted by Gasteiger charge is -2.26. The summed E-state index contributed by atoms with van der Waals surface area (Å²) < 4.78 is 11.6. The zero-order valence-electron chi connectivity index (χ0n) is 20.4. The van der Waals surface area contributed by atoms with Crippen LogP contribution in [-0.2, 0) is 4.74 Å². The molecule has 0 radical (unpaired) electrons. The Labute approximate surface area is 216 Å². The number of hydrogen-bond donors (Lipinski definition) is 1. The van der Waals surface area contributed by atoms with Crippen LogP contribution in [0.3, 0.4) is 0 Å². The predicted octanol–water partition coefficient (Wildman–Crippen LogP) is 6.19. The van der Waals surface area contributed by atoms with Crippen molar-refractivity contribution in [1.82, 2.24) is 4.90 Å². The molecule has 1 aliphatic rings. The highest BCUT2D eigenvalue weighted by Crippen LogP contribution is 2.33. The first kappa shape index (κ1) is 24.4. The van der Waals surface area contributed by atoms with Crippen LogP contribution in [0, 0.1) is 0 Å². The molecule has 0 spiro atoms.